The van der Waals surface area contributed by atoms with Crippen molar-refractivity contribution >= 4 is 17.6 Å². The van der Waals surface area contributed by atoms with Gasteiger partial charge in [-0.05, 0) is 42.0 Å². The molecule has 12 heteroatoms. The first-order valence-electron chi connectivity index (χ1n) is 9.72. The topological polar surface area (TPSA) is 110 Å². The van der Waals surface area contributed by atoms with Crippen molar-refractivity contribution in [3.8, 4) is 5.75 Å². The number of aromatic nitrogens is 1. The fourth-order valence-corrected chi connectivity index (χ4v) is 2.81. The Labute approximate surface area is 187 Å². The maximum absolute atomic E-state index is 14.3. The van der Waals surface area contributed by atoms with E-state index in [0.717, 1.165) is 6.07 Å². The largest absolute Gasteiger partial charge is 0.495 e. The van der Waals surface area contributed by atoms with Crippen molar-refractivity contribution in [2.75, 3.05) is 19.0 Å². The highest BCUT2D eigenvalue weighted by Crippen LogP contribution is 2.28. The maximum Gasteiger partial charge on any atom is 0.379 e. The molecule has 4 N–H and O–H groups in total. The summed E-state index contributed by atoms with van der Waals surface area (Å²) >= 11 is 0. The van der Waals surface area contributed by atoms with E-state index in [1.54, 1.807) is 13.0 Å². The Balaban J connectivity index is 0.00000125. The van der Waals surface area contributed by atoms with Crippen LogP contribution in [-0.2, 0) is 11.2 Å². The predicted octanol–water partition coefficient (Wildman–Crippen LogP) is 4.77. The number of methoxy groups -OCH3 is 1. The lowest BCUT2D eigenvalue weighted by molar-refractivity contribution is 0.00818. The van der Waals surface area contributed by atoms with Gasteiger partial charge < -0.3 is 20.5 Å². The highest BCUT2D eigenvalue weighted by molar-refractivity contribution is 6.04. The second-order valence-corrected chi connectivity index (χ2v) is 6.70. The van der Waals surface area contributed by atoms with Crippen LogP contribution in [0.4, 0.5) is 27.6 Å². The standard InChI is InChI=1S/C20H24F2N4O3.CHF3/c1-4-12-7-14(28-3)10-25-18(12)19(27)26-13-8-15(17(22)16(21)9-13)11(2)5-6-29-20(23)24;2-1(3)4/h7-11H,4-6H2,1-3H3,(H3,23,24)(H,26,27);1H/t11-;/m1./s1. The van der Waals surface area contributed by atoms with E-state index in [2.05, 4.69) is 10.3 Å². The number of ether oxygens (including phenoxy) is 2. The number of pyridine rings is 1. The van der Waals surface area contributed by atoms with Crippen molar-refractivity contribution in [2.45, 2.75) is 39.3 Å². The third kappa shape index (κ3) is 8.91. The summed E-state index contributed by atoms with van der Waals surface area (Å²) in [6.07, 6.45) is 2.28. The van der Waals surface area contributed by atoms with E-state index in [0.29, 0.717) is 24.2 Å². The Hall–Kier alpha value is -3.44. The number of nitrogens with one attached hydrogen (secondary N) is 2. The number of carbonyl (C=O) groups is 1. The van der Waals surface area contributed by atoms with Gasteiger partial charge in [0.2, 0.25) is 0 Å². The number of hydrogen-bond acceptors (Lipinski definition) is 5. The summed E-state index contributed by atoms with van der Waals surface area (Å²) in [4.78, 5) is 16.7. The molecule has 0 saturated heterocycles. The highest BCUT2D eigenvalue weighted by Gasteiger charge is 2.19. The average Bonchev–Trinajstić information content (AvgIpc) is 2.74. The smallest absolute Gasteiger partial charge is 0.379 e. The molecule has 1 atom stereocenters. The van der Waals surface area contributed by atoms with Crippen molar-refractivity contribution < 1.29 is 36.2 Å². The van der Waals surface area contributed by atoms with Gasteiger partial charge in [0.1, 0.15) is 11.4 Å². The summed E-state index contributed by atoms with van der Waals surface area (Å²) in [5.74, 6) is -2.50. The third-order valence-corrected chi connectivity index (χ3v) is 4.43. The van der Waals surface area contributed by atoms with Gasteiger partial charge in [0.25, 0.3) is 11.9 Å². The highest BCUT2D eigenvalue weighted by atomic mass is 19.4. The maximum atomic E-state index is 14.3. The number of aryl methyl sites for hydroxylation is 1. The predicted molar refractivity (Wildman–Crippen MR) is 112 cm³/mol. The molecular weight excluding hydrogens is 451 g/mol. The van der Waals surface area contributed by atoms with E-state index < -0.39 is 36.2 Å². The van der Waals surface area contributed by atoms with Gasteiger partial charge in [-0.3, -0.25) is 10.2 Å². The van der Waals surface area contributed by atoms with Gasteiger partial charge in [0.05, 0.1) is 19.9 Å². The lowest BCUT2D eigenvalue weighted by Crippen LogP contribution is -2.17. The molecule has 0 spiro atoms. The zero-order chi connectivity index (χ0) is 25.1. The fourth-order valence-electron chi connectivity index (χ4n) is 2.81. The number of amides is 1. The SMILES string of the molecule is CCc1cc(OC)cnc1C(=O)Nc1cc(F)c(F)c([C@H](C)CCOC(=N)N)c1.FC(F)F. The van der Waals surface area contributed by atoms with Gasteiger partial charge in [-0.2, -0.15) is 13.2 Å². The van der Waals surface area contributed by atoms with Crippen LogP contribution >= 0.6 is 0 Å². The zero-order valence-corrected chi connectivity index (χ0v) is 18.2. The second kappa shape index (κ2) is 13.2. The number of anilines is 1. The first-order valence-corrected chi connectivity index (χ1v) is 9.72. The van der Waals surface area contributed by atoms with Crippen LogP contribution in [0.5, 0.6) is 5.75 Å². The van der Waals surface area contributed by atoms with E-state index in [1.807, 2.05) is 6.92 Å². The zero-order valence-electron chi connectivity index (χ0n) is 18.2. The van der Waals surface area contributed by atoms with Gasteiger partial charge in [-0.15, -0.1) is 0 Å². The van der Waals surface area contributed by atoms with E-state index in [9.17, 15) is 26.7 Å². The molecule has 7 nitrogen and oxygen atoms in total. The molecule has 0 aliphatic heterocycles. The van der Waals surface area contributed by atoms with Crippen LogP contribution in [0.15, 0.2) is 24.4 Å². The molecule has 0 fully saturated rings. The van der Waals surface area contributed by atoms with Crippen molar-refractivity contribution in [1.82, 2.24) is 4.98 Å². The van der Waals surface area contributed by atoms with Crippen LogP contribution in [-0.4, -0.2) is 37.3 Å². The van der Waals surface area contributed by atoms with Crippen LogP contribution in [0.25, 0.3) is 0 Å². The number of nitrogens with zero attached hydrogens (tertiary/aromatic N) is 1. The summed E-state index contributed by atoms with van der Waals surface area (Å²) < 4.78 is 67.3. The fraction of sp³-hybridized carbons (Fsp3) is 0.381. The molecule has 1 amide bonds. The Morgan fingerprint density at radius 1 is 1.24 bits per heavy atom. The van der Waals surface area contributed by atoms with E-state index in [-0.39, 0.29) is 23.6 Å². The molecular formula is C21H25F5N4O3. The van der Waals surface area contributed by atoms with Gasteiger partial charge in [-0.1, -0.05) is 13.8 Å². The minimum atomic E-state index is -3.67. The summed E-state index contributed by atoms with van der Waals surface area (Å²) in [6, 6.07) is 3.56. The number of hydrogen-bond donors (Lipinski definition) is 3. The summed E-state index contributed by atoms with van der Waals surface area (Å²) in [6.45, 7) is -0.0232. The molecule has 0 saturated carbocycles. The number of carbonyl (C=O) groups excluding carboxylic acids is 1. The van der Waals surface area contributed by atoms with Gasteiger partial charge >= 0.3 is 6.68 Å². The average molecular weight is 476 g/mol. The molecule has 1 aromatic heterocycles. The molecule has 182 valence electrons. The quantitative estimate of drug-likeness (QED) is 0.289. The van der Waals surface area contributed by atoms with Crippen LogP contribution in [0.3, 0.4) is 0 Å². The minimum absolute atomic E-state index is 0.0871. The molecule has 2 rings (SSSR count). The van der Waals surface area contributed by atoms with E-state index in [4.69, 9.17) is 20.6 Å². The molecule has 0 radical (unpaired) electrons. The van der Waals surface area contributed by atoms with Crippen molar-refractivity contribution in [2.24, 2.45) is 5.73 Å². The van der Waals surface area contributed by atoms with Crippen LogP contribution in [0.2, 0.25) is 0 Å². The summed E-state index contributed by atoms with van der Waals surface area (Å²) in [7, 11) is 1.50. The molecule has 1 heterocycles. The minimum Gasteiger partial charge on any atom is -0.495 e. The Bertz CT molecular complexity index is 957. The Morgan fingerprint density at radius 2 is 1.88 bits per heavy atom. The molecule has 33 heavy (non-hydrogen) atoms. The number of alkyl halides is 3. The van der Waals surface area contributed by atoms with Crippen molar-refractivity contribution in [3.63, 3.8) is 0 Å². The Kier molecular flexibility index (Phi) is 11.0. The first kappa shape index (κ1) is 27.6. The Morgan fingerprint density at radius 3 is 2.42 bits per heavy atom. The van der Waals surface area contributed by atoms with Crippen LogP contribution in [0.1, 0.15) is 47.8 Å². The van der Waals surface area contributed by atoms with Gasteiger partial charge in [0.15, 0.2) is 11.6 Å². The number of amidine groups is 1. The number of halogens is 5. The summed E-state index contributed by atoms with van der Waals surface area (Å²) in [5.41, 5.74) is 6.16. The molecule has 2 aromatic rings. The third-order valence-electron chi connectivity index (χ3n) is 4.43. The van der Waals surface area contributed by atoms with Crippen molar-refractivity contribution in [3.05, 3.63) is 52.9 Å². The number of nitrogens with two attached hydrogens (primary N) is 1. The van der Waals surface area contributed by atoms with E-state index in [1.165, 1.54) is 19.4 Å². The molecule has 0 unspecified atom stereocenters. The molecule has 1 aromatic carbocycles. The monoisotopic (exact) mass is 476 g/mol. The first-order chi connectivity index (χ1) is 15.5. The number of benzene rings is 1. The molecule has 0 bridgehead atoms. The lowest BCUT2D eigenvalue weighted by atomic mass is 9.96. The summed E-state index contributed by atoms with van der Waals surface area (Å²) in [5, 5.41) is 9.61. The number of rotatable bonds is 8. The van der Waals surface area contributed by atoms with Crippen LogP contribution < -0.4 is 15.8 Å². The van der Waals surface area contributed by atoms with Gasteiger partial charge in [-0.25, -0.2) is 13.8 Å². The van der Waals surface area contributed by atoms with Crippen LogP contribution in [0, 0.1) is 17.0 Å². The lowest BCUT2D eigenvalue weighted by Gasteiger charge is -2.16. The van der Waals surface area contributed by atoms with Gasteiger partial charge in [0, 0.05) is 11.8 Å². The normalized spacial score (nSPS) is 11.3. The van der Waals surface area contributed by atoms with E-state index >= 15 is 0 Å². The molecule has 0 aliphatic rings. The molecule has 0 aliphatic carbocycles. The second-order valence-electron chi connectivity index (χ2n) is 6.70. The van der Waals surface area contributed by atoms with Crippen molar-refractivity contribution in [1.29, 1.82) is 5.41 Å².